The van der Waals surface area contributed by atoms with E-state index in [0.29, 0.717) is 13.1 Å². The lowest BCUT2D eigenvalue weighted by atomic mass is 10.2. The molecule has 1 saturated heterocycles. The first kappa shape index (κ1) is 19.4. The van der Waals surface area contributed by atoms with E-state index in [-0.39, 0.29) is 6.03 Å². The molecule has 6 nitrogen and oxygen atoms in total. The van der Waals surface area contributed by atoms with Crippen molar-refractivity contribution in [3.63, 3.8) is 0 Å². The van der Waals surface area contributed by atoms with Gasteiger partial charge in [0.15, 0.2) is 5.82 Å². The van der Waals surface area contributed by atoms with Gasteiger partial charge in [0.25, 0.3) is 0 Å². The Labute approximate surface area is 190 Å². The number of piperazine rings is 1. The number of anilines is 2. The van der Waals surface area contributed by atoms with Gasteiger partial charge in [-0.1, -0.05) is 31.9 Å². The van der Waals surface area contributed by atoms with Gasteiger partial charge in [0.2, 0.25) is 0 Å². The summed E-state index contributed by atoms with van der Waals surface area (Å²) in [6.45, 7) is 2.77. The highest BCUT2D eigenvalue weighted by Gasteiger charge is 2.24. The SMILES string of the molecule is O=C(Nc1ccc(Br)cc1)N1CCN(c2nc3cc(Br)ccc3n3cccc23)CC1. The van der Waals surface area contributed by atoms with Crippen molar-refractivity contribution in [3.05, 3.63) is 69.7 Å². The molecule has 30 heavy (non-hydrogen) atoms. The van der Waals surface area contributed by atoms with E-state index in [1.54, 1.807) is 0 Å². The highest BCUT2D eigenvalue weighted by atomic mass is 79.9. The van der Waals surface area contributed by atoms with E-state index in [2.05, 4.69) is 64.8 Å². The lowest BCUT2D eigenvalue weighted by Gasteiger charge is -2.35. The smallest absolute Gasteiger partial charge is 0.321 e. The lowest BCUT2D eigenvalue weighted by Crippen LogP contribution is -2.50. The number of aromatic nitrogens is 2. The van der Waals surface area contributed by atoms with Crippen LogP contribution in [0.1, 0.15) is 0 Å². The van der Waals surface area contributed by atoms with Crippen molar-refractivity contribution in [2.24, 2.45) is 0 Å². The number of benzene rings is 2. The first-order valence-corrected chi connectivity index (χ1v) is 11.3. The molecule has 2 aromatic heterocycles. The lowest BCUT2D eigenvalue weighted by molar-refractivity contribution is 0.208. The third-order valence-electron chi connectivity index (χ3n) is 5.36. The first-order chi connectivity index (χ1) is 14.6. The van der Waals surface area contributed by atoms with Gasteiger partial charge in [0.1, 0.15) is 0 Å². The Bertz CT molecular complexity index is 1230. The molecule has 152 valence electrons. The van der Waals surface area contributed by atoms with Gasteiger partial charge in [-0.2, -0.15) is 0 Å². The topological polar surface area (TPSA) is 52.9 Å². The quantitative estimate of drug-likeness (QED) is 0.380. The summed E-state index contributed by atoms with van der Waals surface area (Å²) in [7, 11) is 0. The predicted molar refractivity (Wildman–Crippen MR) is 127 cm³/mol. The zero-order chi connectivity index (χ0) is 20.7. The van der Waals surface area contributed by atoms with Gasteiger partial charge >= 0.3 is 6.03 Å². The Hall–Kier alpha value is -2.58. The summed E-state index contributed by atoms with van der Waals surface area (Å²) in [6, 6.07) is 17.8. The fourth-order valence-electron chi connectivity index (χ4n) is 3.82. The van der Waals surface area contributed by atoms with Crippen LogP contribution in [0.3, 0.4) is 0 Å². The van der Waals surface area contributed by atoms with E-state index < -0.39 is 0 Å². The molecule has 5 rings (SSSR count). The monoisotopic (exact) mass is 527 g/mol. The van der Waals surface area contributed by atoms with E-state index in [0.717, 1.165) is 50.1 Å². The third-order valence-corrected chi connectivity index (χ3v) is 6.39. The first-order valence-electron chi connectivity index (χ1n) is 9.71. The molecule has 0 unspecified atom stereocenters. The molecule has 4 aromatic rings. The van der Waals surface area contributed by atoms with Gasteiger partial charge in [0.05, 0.1) is 16.6 Å². The number of hydrogen-bond donors (Lipinski definition) is 1. The second kappa shape index (κ2) is 7.92. The van der Waals surface area contributed by atoms with Gasteiger partial charge < -0.3 is 19.5 Å². The summed E-state index contributed by atoms with van der Waals surface area (Å²) >= 11 is 6.96. The van der Waals surface area contributed by atoms with Crippen LogP contribution in [0, 0.1) is 0 Å². The van der Waals surface area contributed by atoms with Gasteiger partial charge in [-0.3, -0.25) is 0 Å². The molecule has 2 aromatic carbocycles. The summed E-state index contributed by atoms with van der Waals surface area (Å²) in [5, 5.41) is 2.97. The second-order valence-corrected chi connectivity index (χ2v) is 9.07. The van der Waals surface area contributed by atoms with Gasteiger partial charge in [0, 0.05) is 47.0 Å². The van der Waals surface area contributed by atoms with Crippen LogP contribution in [0.5, 0.6) is 0 Å². The molecule has 0 aliphatic carbocycles. The molecule has 1 aliphatic heterocycles. The summed E-state index contributed by atoms with van der Waals surface area (Å²) in [4.78, 5) is 21.7. The molecule has 0 spiro atoms. The van der Waals surface area contributed by atoms with Crippen molar-refractivity contribution < 1.29 is 4.79 Å². The maximum absolute atomic E-state index is 12.6. The number of halogens is 2. The largest absolute Gasteiger partial charge is 0.351 e. The van der Waals surface area contributed by atoms with Crippen molar-refractivity contribution in [3.8, 4) is 0 Å². The summed E-state index contributed by atoms with van der Waals surface area (Å²) in [6.07, 6.45) is 2.07. The van der Waals surface area contributed by atoms with Crippen LogP contribution in [0.15, 0.2) is 69.7 Å². The predicted octanol–water partition coefficient (Wildman–Crippen LogP) is 5.37. The number of rotatable bonds is 2. The van der Waals surface area contributed by atoms with Crippen LogP contribution in [-0.4, -0.2) is 46.5 Å². The number of fused-ring (bicyclic) bond motifs is 3. The Morgan fingerprint density at radius 2 is 1.63 bits per heavy atom. The zero-order valence-electron chi connectivity index (χ0n) is 16.1. The summed E-state index contributed by atoms with van der Waals surface area (Å²) < 4.78 is 4.17. The van der Waals surface area contributed by atoms with Crippen molar-refractivity contribution in [2.45, 2.75) is 0 Å². The molecule has 0 atom stereocenters. The molecule has 1 fully saturated rings. The highest BCUT2D eigenvalue weighted by Crippen LogP contribution is 2.28. The molecule has 0 bridgehead atoms. The van der Waals surface area contributed by atoms with E-state index >= 15 is 0 Å². The standard InChI is InChI=1S/C22H19Br2N5O/c23-15-3-6-17(7-4-15)25-22(30)28-12-10-27(11-13-28)21-20-2-1-9-29(20)19-8-5-16(24)14-18(19)26-21/h1-9,14H,10-13H2,(H,25,30). The Balaban J connectivity index is 1.35. The average Bonchev–Trinajstić information content (AvgIpc) is 3.25. The van der Waals surface area contributed by atoms with E-state index in [1.807, 2.05) is 47.4 Å². The van der Waals surface area contributed by atoms with Crippen molar-refractivity contribution in [1.29, 1.82) is 0 Å². The minimum atomic E-state index is -0.0693. The fraction of sp³-hybridized carbons (Fsp3) is 0.182. The number of carbonyl (C=O) groups is 1. The van der Waals surface area contributed by atoms with E-state index in [9.17, 15) is 4.79 Å². The molecular weight excluding hydrogens is 510 g/mol. The van der Waals surface area contributed by atoms with Crippen LogP contribution in [0.2, 0.25) is 0 Å². The van der Waals surface area contributed by atoms with Gasteiger partial charge in [-0.05, 0) is 54.6 Å². The molecule has 3 heterocycles. The highest BCUT2D eigenvalue weighted by molar-refractivity contribution is 9.10. The van der Waals surface area contributed by atoms with Crippen LogP contribution in [0.25, 0.3) is 16.6 Å². The number of hydrogen-bond acceptors (Lipinski definition) is 3. The molecule has 1 N–H and O–H groups in total. The average molecular weight is 529 g/mol. The number of nitrogens with zero attached hydrogens (tertiary/aromatic N) is 4. The number of carbonyl (C=O) groups excluding carboxylic acids is 1. The van der Waals surface area contributed by atoms with E-state index in [4.69, 9.17) is 4.98 Å². The molecule has 1 aliphatic rings. The minimum absolute atomic E-state index is 0.0693. The fourth-order valence-corrected chi connectivity index (χ4v) is 4.44. The van der Waals surface area contributed by atoms with Crippen LogP contribution in [0.4, 0.5) is 16.3 Å². The summed E-state index contributed by atoms with van der Waals surface area (Å²) in [5.41, 5.74) is 3.90. The van der Waals surface area contributed by atoms with Crippen molar-refractivity contribution >= 4 is 65.9 Å². The van der Waals surface area contributed by atoms with Crippen molar-refractivity contribution in [2.75, 3.05) is 36.4 Å². The molecule has 8 heteroatoms. The molecule has 2 amide bonds. The molecule has 0 radical (unpaired) electrons. The third kappa shape index (κ3) is 3.65. The van der Waals surface area contributed by atoms with E-state index in [1.165, 1.54) is 0 Å². The molecular formula is C22H19Br2N5O. The van der Waals surface area contributed by atoms with Crippen molar-refractivity contribution in [1.82, 2.24) is 14.3 Å². The number of amides is 2. The van der Waals surface area contributed by atoms with Crippen LogP contribution >= 0.6 is 31.9 Å². The Morgan fingerprint density at radius 3 is 2.40 bits per heavy atom. The maximum Gasteiger partial charge on any atom is 0.321 e. The number of urea groups is 1. The zero-order valence-corrected chi connectivity index (χ0v) is 19.2. The van der Waals surface area contributed by atoms with Crippen LogP contribution < -0.4 is 10.2 Å². The van der Waals surface area contributed by atoms with Gasteiger partial charge in [-0.15, -0.1) is 0 Å². The number of nitrogens with one attached hydrogen (secondary N) is 1. The molecule has 0 saturated carbocycles. The second-order valence-electron chi connectivity index (χ2n) is 7.24. The maximum atomic E-state index is 12.6. The normalized spacial score (nSPS) is 14.5. The van der Waals surface area contributed by atoms with Crippen LogP contribution in [-0.2, 0) is 0 Å². The summed E-state index contributed by atoms with van der Waals surface area (Å²) in [5.74, 6) is 0.957. The minimum Gasteiger partial charge on any atom is -0.351 e. The Kier molecular flexibility index (Phi) is 5.12. The van der Waals surface area contributed by atoms with Gasteiger partial charge in [-0.25, -0.2) is 9.78 Å². The Morgan fingerprint density at radius 1 is 0.900 bits per heavy atom.